The Kier molecular flexibility index (Phi) is 4.74. The number of benzene rings is 2. The Morgan fingerprint density at radius 1 is 1.24 bits per heavy atom. The normalized spacial score (nSPS) is 10.2. The number of rotatable bonds is 4. The average molecular weight is 357 g/mol. The van der Waals surface area contributed by atoms with Crippen molar-refractivity contribution in [3.63, 3.8) is 0 Å². The van der Waals surface area contributed by atoms with Crippen molar-refractivity contribution in [2.75, 3.05) is 17.7 Å². The molecule has 2 aromatic carbocycles. The predicted octanol–water partition coefficient (Wildman–Crippen LogP) is 3.33. The molecule has 0 saturated carbocycles. The van der Waals surface area contributed by atoms with Crippen molar-refractivity contribution in [1.29, 1.82) is 0 Å². The second kappa shape index (κ2) is 6.53. The fourth-order valence-electron chi connectivity index (χ4n) is 1.56. The van der Waals surface area contributed by atoms with Gasteiger partial charge < -0.3 is 15.8 Å². The molecule has 0 spiro atoms. The van der Waals surface area contributed by atoms with E-state index in [1.807, 2.05) is 0 Å². The van der Waals surface area contributed by atoms with E-state index in [1.54, 1.807) is 0 Å². The topological polar surface area (TPSA) is 64.3 Å². The molecule has 0 aromatic heterocycles. The van der Waals surface area contributed by atoms with Crippen molar-refractivity contribution in [3.05, 3.63) is 52.5 Å². The van der Waals surface area contributed by atoms with Crippen LogP contribution in [0.2, 0.25) is 0 Å². The van der Waals surface area contributed by atoms with Gasteiger partial charge >= 0.3 is 0 Å². The van der Waals surface area contributed by atoms with Crippen LogP contribution in [0, 0.1) is 11.6 Å². The number of halogens is 3. The van der Waals surface area contributed by atoms with Crippen molar-refractivity contribution in [1.82, 2.24) is 0 Å². The summed E-state index contributed by atoms with van der Waals surface area (Å²) < 4.78 is 32.0. The second-order valence-corrected chi connectivity index (χ2v) is 5.06. The van der Waals surface area contributed by atoms with Crippen molar-refractivity contribution in [2.45, 2.75) is 0 Å². The predicted molar refractivity (Wildman–Crippen MR) is 79.0 cm³/mol. The summed E-state index contributed by atoms with van der Waals surface area (Å²) in [5.41, 5.74) is 5.92. The number of carbonyl (C=O) groups is 1. The monoisotopic (exact) mass is 356 g/mol. The van der Waals surface area contributed by atoms with Crippen molar-refractivity contribution in [2.24, 2.45) is 0 Å². The molecule has 0 saturated heterocycles. The molecule has 3 N–H and O–H groups in total. The van der Waals surface area contributed by atoms with Crippen molar-refractivity contribution < 1.29 is 18.3 Å². The molecule has 0 atom stereocenters. The SMILES string of the molecule is Nc1cc(F)ccc1NC(=O)COc1cc(Br)ccc1F. The first-order chi connectivity index (χ1) is 9.95. The molecule has 0 unspecified atom stereocenters. The first-order valence-electron chi connectivity index (χ1n) is 5.88. The van der Waals surface area contributed by atoms with E-state index in [9.17, 15) is 13.6 Å². The minimum Gasteiger partial charge on any atom is -0.481 e. The molecule has 2 aromatic rings. The minimum atomic E-state index is -0.577. The number of nitrogen functional groups attached to an aromatic ring is 1. The molecule has 110 valence electrons. The fourth-order valence-corrected chi connectivity index (χ4v) is 1.90. The smallest absolute Gasteiger partial charge is 0.262 e. The van der Waals surface area contributed by atoms with Crippen LogP contribution in [0.25, 0.3) is 0 Å². The van der Waals surface area contributed by atoms with Gasteiger partial charge in [0.05, 0.1) is 11.4 Å². The molecule has 0 aliphatic rings. The van der Waals surface area contributed by atoms with Gasteiger partial charge in [0.2, 0.25) is 0 Å². The Labute approximate surface area is 128 Å². The maximum Gasteiger partial charge on any atom is 0.262 e. The first-order valence-corrected chi connectivity index (χ1v) is 6.68. The van der Waals surface area contributed by atoms with Gasteiger partial charge in [-0.15, -0.1) is 0 Å². The summed E-state index contributed by atoms with van der Waals surface area (Å²) in [6, 6.07) is 7.74. The molecule has 0 aliphatic carbocycles. The van der Waals surface area contributed by atoms with Gasteiger partial charge in [0.1, 0.15) is 5.82 Å². The van der Waals surface area contributed by atoms with Gasteiger partial charge in [0.25, 0.3) is 5.91 Å². The largest absolute Gasteiger partial charge is 0.481 e. The van der Waals surface area contributed by atoms with Crippen LogP contribution >= 0.6 is 15.9 Å². The summed E-state index contributed by atoms with van der Waals surface area (Å²) in [5, 5.41) is 2.45. The summed E-state index contributed by atoms with van der Waals surface area (Å²) in [6.07, 6.45) is 0. The molecule has 0 fully saturated rings. The Bertz CT molecular complexity index is 680. The lowest BCUT2D eigenvalue weighted by Gasteiger charge is -2.10. The average Bonchev–Trinajstić information content (AvgIpc) is 2.43. The molecule has 2 rings (SSSR count). The number of hydrogen-bond acceptors (Lipinski definition) is 3. The maximum atomic E-state index is 13.4. The lowest BCUT2D eigenvalue weighted by atomic mass is 10.2. The molecular weight excluding hydrogens is 346 g/mol. The molecule has 4 nitrogen and oxygen atoms in total. The number of nitrogens with two attached hydrogens (primary N) is 1. The van der Waals surface area contributed by atoms with Crippen LogP contribution in [0.1, 0.15) is 0 Å². The number of hydrogen-bond donors (Lipinski definition) is 2. The van der Waals surface area contributed by atoms with Crippen LogP contribution in [0.4, 0.5) is 20.2 Å². The number of amides is 1. The van der Waals surface area contributed by atoms with Gasteiger partial charge in [-0.05, 0) is 36.4 Å². The summed E-state index contributed by atoms with van der Waals surface area (Å²) in [4.78, 5) is 11.7. The van der Waals surface area contributed by atoms with Crippen molar-refractivity contribution >= 4 is 33.2 Å². The zero-order valence-corrected chi connectivity index (χ0v) is 12.3. The highest BCUT2D eigenvalue weighted by molar-refractivity contribution is 9.10. The molecule has 0 heterocycles. The molecule has 21 heavy (non-hydrogen) atoms. The summed E-state index contributed by atoms with van der Waals surface area (Å²) >= 11 is 3.17. The van der Waals surface area contributed by atoms with Crippen LogP contribution in [0.3, 0.4) is 0 Å². The van der Waals surface area contributed by atoms with Gasteiger partial charge in [-0.1, -0.05) is 15.9 Å². The highest BCUT2D eigenvalue weighted by Gasteiger charge is 2.09. The van der Waals surface area contributed by atoms with E-state index in [2.05, 4.69) is 21.2 Å². The molecule has 0 aliphatic heterocycles. The van der Waals surface area contributed by atoms with Crippen LogP contribution in [-0.2, 0) is 4.79 Å². The zero-order valence-electron chi connectivity index (χ0n) is 10.7. The molecule has 1 amide bonds. The minimum absolute atomic E-state index is 0.0494. The summed E-state index contributed by atoms with van der Waals surface area (Å²) in [5.74, 6) is -1.66. The van der Waals surface area contributed by atoms with E-state index < -0.39 is 24.1 Å². The van der Waals surface area contributed by atoms with Gasteiger partial charge in [-0.25, -0.2) is 8.78 Å². The highest BCUT2D eigenvalue weighted by Crippen LogP contribution is 2.22. The van der Waals surface area contributed by atoms with E-state index in [0.29, 0.717) is 4.47 Å². The Morgan fingerprint density at radius 2 is 2.00 bits per heavy atom. The summed E-state index contributed by atoms with van der Waals surface area (Å²) in [7, 11) is 0. The van der Waals surface area contributed by atoms with E-state index in [-0.39, 0.29) is 17.1 Å². The molecule has 7 heteroatoms. The lowest BCUT2D eigenvalue weighted by Crippen LogP contribution is -2.21. The fraction of sp³-hybridized carbons (Fsp3) is 0.0714. The number of nitrogens with one attached hydrogen (secondary N) is 1. The third-order valence-electron chi connectivity index (χ3n) is 2.54. The Morgan fingerprint density at radius 3 is 2.71 bits per heavy atom. The molecular formula is C14H11BrF2N2O2. The number of ether oxygens (including phenoxy) is 1. The number of carbonyl (C=O) groups excluding carboxylic acids is 1. The van der Waals surface area contributed by atoms with Crippen molar-refractivity contribution in [3.8, 4) is 5.75 Å². The second-order valence-electron chi connectivity index (χ2n) is 4.14. The van der Waals surface area contributed by atoms with E-state index >= 15 is 0 Å². The maximum absolute atomic E-state index is 13.4. The third kappa shape index (κ3) is 4.16. The zero-order chi connectivity index (χ0) is 15.4. The van der Waals surface area contributed by atoms with Crippen LogP contribution in [0.5, 0.6) is 5.75 Å². The Balaban J connectivity index is 1.97. The van der Waals surface area contributed by atoms with Crippen LogP contribution in [-0.4, -0.2) is 12.5 Å². The first kappa shape index (κ1) is 15.2. The Hall–Kier alpha value is -2.15. The van der Waals surface area contributed by atoms with Crippen LogP contribution < -0.4 is 15.8 Å². The molecule has 0 radical (unpaired) electrons. The van der Waals surface area contributed by atoms with Gasteiger partial charge in [0, 0.05) is 4.47 Å². The van der Waals surface area contributed by atoms with Crippen LogP contribution in [0.15, 0.2) is 40.9 Å². The quantitative estimate of drug-likeness (QED) is 0.825. The third-order valence-corrected chi connectivity index (χ3v) is 3.03. The van der Waals surface area contributed by atoms with E-state index in [1.165, 1.54) is 30.3 Å². The van der Waals surface area contributed by atoms with Gasteiger partial charge in [-0.3, -0.25) is 4.79 Å². The molecule has 0 bridgehead atoms. The highest BCUT2D eigenvalue weighted by atomic mass is 79.9. The lowest BCUT2D eigenvalue weighted by molar-refractivity contribution is -0.118. The van der Waals surface area contributed by atoms with E-state index in [0.717, 1.165) is 6.07 Å². The standard InChI is InChI=1S/C14H11BrF2N2O2/c15-8-1-3-10(17)13(5-8)21-7-14(20)19-12-4-2-9(16)6-11(12)18/h1-6H,7,18H2,(H,19,20). The summed E-state index contributed by atoms with van der Waals surface area (Å²) in [6.45, 7) is -0.399. The van der Waals surface area contributed by atoms with Gasteiger partial charge in [-0.2, -0.15) is 0 Å². The number of anilines is 2. The van der Waals surface area contributed by atoms with Gasteiger partial charge in [0.15, 0.2) is 18.2 Å². The van der Waals surface area contributed by atoms with E-state index in [4.69, 9.17) is 10.5 Å².